The largest absolute Gasteiger partial charge is 0.454 e. The lowest BCUT2D eigenvalue weighted by molar-refractivity contribution is -0.131. The van der Waals surface area contributed by atoms with E-state index in [0.29, 0.717) is 24.5 Å². The first-order valence-electron chi connectivity index (χ1n) is 8.86. The summed E-state index contributed by atoms with van der Waals surface area (Å²) < 4.78 is 22.9. The average molecular weight is 432 g/mol. The topological polar surface area (TPSA) is 57.2 Å². The minimum Gasteiger partial charge on any atom is -0.454 e. The molecule has 0 aromatic heterocycles. The van der Waals surface area contributed by atoms with Crippen molar-refractivity contribution in [3.63, 3.8) is 0 Å². The van der Waals surface area contributed by atoms with Gasteiger partial charge in [-0.1, -0.05) is 6.07 Å². The molecule has 1 atom stereocenters. The van der Waals surface area contributed by atoms with E-state index in [1.165, 1.54) is 0 Å². The Labute approximate surface area is 165 Å². The fraction of sp³-hybridized carbons (Fsp3) is 0.350. The molecule has 1 unspecified atom stereocenters. The number of hydrogen-bond donors (Lipinski definition) is 0. The molecule has 0 fully saturated rings. The SMILES string of the molecule is CN1CCc2cc3c(cc2C(Cc2ccc4c(c2Br)OCO4)C1=O)OCO3. The zero-order valence-electron chi connectivity index (χ0n) is 14.8. The van der Waals surface area contributed by atoms with E-state index in [9.17, 15) is 4.79 Å². The van der Waals surface area contributed by atoms with Crippen LogP contribution in [0.15, 0.2) is 28.7 Å². The van der Waals surface area contributed by atoms with E-state index < -0.39 is 0 Å². The van der Waals surface area contributed by atoms with Crippen LogP contribution in [0.3, 0.4) is 0 Å². The van der Waals surface area contributed by atoms with Crippen LogP contribution >= 0.6 is 15.9 Å². The summed E-state index contributed by atoms with van der Waals surface area (Å²) in [6.07, 6.45) is 1.36. The summed E-state index contributed by atoms with van der Waals surface area (Å²) in [5.74, 6) is 2.71. The molecule has 0 spiro atoms. The van der Waals surface area contributed by atoms with E-state index in [1.54, 1.807) is 4.90 Å². The highest BCUT2D eigenvalue weighted by atomic mass is 79.9. The Hall–Kier alpha value is -2.41. The van der Waals surface area contributed by atoms with Crippen molar-refractivity contribution >= 4 is 21.8 Å². The van der Waals surface area contributed by atoms with Crippen LogP contribution in [0.2, 0.25) is 0 Å². The van der Waals surface area contributed by atoms with Gasteiger partial charge in [-0.05, 0) is 63.7 Å². The highest BCUT2D eigenvalue weighted by Gasteiger charge is 2.33. The van der Waals surface area contributed by atoms with Crippen LogP contribution in [-0.4, -0.2) is 38.0 Å². The quantitative estimate of drug-likeness (QED) is 0.730. The van der Waals surface area contributed by atoms with Crippen LogP contribution in [0.5, 0.6) is 23.0 Å². The molecular weight excluding hydrogens is 414 g/mol. The number of likely N-dealkylation sites (N-methyl/N-ethyl adjacent to an activating group) is 1. The van der Waals surface area contributed by atoms with Gasteiger partial charge in [0.2, 0.25) is 19.5 Å². The number of carbonyl (C=O) groups is 1. The van der Waals surface area contributed by atoms with Gasteiger partial charge in [-0.15, -0.1) is 0 Å². The lowest BCUT2D eigenvalue weighted by Crippen LogP contribution is -2.31. The molecule has 27 heavy (non-hydrogen) atoms. The lowest BCUT2D eigenvalue weighted by atomic mass is 9.87. The molecule has 0 aliphatic carbocycles. The molecule has 5 rings (SSSR count). The van der Waals surface area contributed by atoms with Gasteiger partial charge in [0.25, 0.3) is 0 Å². The smallest absolute Gasteiger partial charge is 0.231 e. The molecule has 2 aromatic rings. The Kier molecular flexibility index (Phi) is 3.93. The molecule has 140 valence electrons. The average Bonchev–Trinajstić information content (AvgIpc) is 3.31. The number of benzene rings is 2. The van der Waals surface area contributed by atoms with Gasteiger partial charge in [-0.3, -0.25) is 4.79 Å². The first-order valence-corrected chi connectivity index (χ1v) is 9.65. The van der Waals surface area contributed by atoms with E-state index >= 15 is 0 Å². The van der Waals surface area contributed by atoms with Gasteiger partial charge in [-0.2, -0.15) is 0 Å². The second-order valence-electron chi connectivity index (χ2n) is 6.94. The monoisotopic (exact) mass is 431 g/mol. The molecule has 0 saturated carbocycles. The number of carbonyl (C=O) groups excluding carboxylic acids is 1. The maximum absolute atomic E-state index is 13.1. The first-order chi connectivity index (χ1) is 13.1. The van der Waals surface area contributed by atoms with Gasteiger partial charge in [0, 0.05) is 13.6 Å². The normalized spacial score (nSPS) is 19.9. The Morgan fingerprint density at radius 3 is 2.67 bits per heavy atom. The Morgan fingerprint density at radius 2 is 1.81 bits per heavy atom. The molecule has 3 aliphatic rings. The third kappa shape index (κ3) is 2.72. The standard InChI is InChI=1S/C20H18BrNO5/c1-22-5-4-11-7-16-17(26-9-25-16)8-13(11)14(20(22)23)6-12-2-3-15-19(18(12)21)27-10-24-15/h2-3,7-8,14H,4-6,9-10H2,1H3. The van der Waals surface area contributed by atoms with Crippen molar-refractivity contribution in [3.8, 4) is 23.0 Å². The minimum atomic E-state index is -0.293. The van der Waals surface area contributed by atoms with Crippen LogP contribution in [0.4, 0.5) is 0 Å². The van der Waals surface area contributed by atoms with Crippen LogP contribution in [-0.2, 0) is 17.6 Å². The predicted octanol–water partition coefficient (Wildman–Crippen LogP) is 3.25. The summed E-state index contributed by atoms with van der Waals surface area (Å²) in [5.41, 5.74) is 3.16. The fourth-order valence-electron chi connectivity index (χ4n) is 3.89. The second kappa shape index (κ2) is 6.34. The summed E-state index contributed by atoms with van der Waals surface area (Å²) in [6, 6.07) is 7.88. The van der Waals surface area contributed by atoms with E-state index in [4.69, 9.17) is 18.9 Å². The van der Waals surface area contributed by atoms with E-state index in [0.717, 1.165) is 39.1 Å². The molecule has 0 saturated heterocycles. The van der Waals surface area contributed by atoms with Gasteiger partial charge < -0.3 is 23.8 Å². The Balaban J connectivity index is 1.57. The summed E-state index contributed by atoms with van der Waals surface area (Å²) in [4.78, 5) is 14.9. The maximum atomic E-state index is 13.1. The first kappa shape index (κ1) is 16.7. The number of rotatable bonds is 2. The predicted molar refractivity (Wildman–Crippen MR) is 101 cm³/mol. The molecule has 7 heteroatoms. The summed E-state index contributed by atoms with van der Waals surface area (Å²) >= 11 is 3.63. The maximum Gasteiger partial charge on any atom is 0.231 e. The second-order valence-corrected chi connectivity index (χ2v) is 7.74. The van der Waals surface area contributed by atoms with Crippen LogP contribution in [0.1, 0.15) is 22.6 Å². The van der Waals surface area contributed by atoms with Crippen molar-refractivity contribution < 1.29 is 23.7 Å². The molecule has 0 radical (unpaired) electrons. The minimum absolute atomic E-state index is 0.109. The molecular formula is C20H18BrNO5. The summed E-state index contributed by atoms with van der Waals surface area (Å²) in [5, 5.41) is 0. The number of halogens is 1. The zero-order valence-corrected chi connectivity index (χ0v) is 16.4. The number of amides is 1. The van der Waals surface area contributed by atoms with Crippen LogP contribution in [0, 0.1) is 0 Å². The van der Waals surface area contributed by atoms with Gasteiger partial charge in [0.05, 0.1) is 10.4 Å². The Bertz CT molecular complexity index is 944. The molecule has 0 N–H and O–H groups in total. The van der Waals surface area contributed by atoms with Crippen molar-refractivity contribution in [1.29, 1.82) is 0 Å². The van der Waals surface area contributed by atoms with Gasteiger partial charge >= 0.3 is 0 Å². The molecule has 0 bridgehead atoms. The third-order valence-electron chi connectivity index (χ3n) is 5.38. The van der Waals surface area contributed by atoms with E-state index in [2.05, 4.69) is 15.9 Å². The van der Waals surface area contributed by atoms with E-state index in [1.807, 2.05) is 31.3 Å². The van der Waals surface area contributed by atoms with Crippen molar-refractivity contribution in [2.24, 2.45) is 0 Å². The van der Waals surface area contributed by atoms with Crippen molar-refractivity contribution in [1.82, 2.24) is 4.90 Å². The van der Waals surface area contributed by atoms with Gasteiger partial charge in [0.1, 0.15) is 0 Å². The van der Waals surface area contributed by atoms with Crippen molar-refractivity contribution in [2.75, 3.05) is 27.2 Å². The highest BCUT2D eigenvalue weighted by Crippen LogP contribution is 2.44. The molecule has 2 aromatic carbocycles. The molecule has 3 heterocycles. The molecule has 1 amide bonds. The number of hydrogen-bond acceptors (Lipinski definition) is 5. The zero-order chi connectivity index (χ0) is 18.5. The fourth-order valence-corrected chi connectivity index (χ4v) is 4.50. The number of ether oxygens (including phenoxy) is 4. The van der Waals surface area contributed by atoms with Gasteiger partial charge in [-0.25, -0.2) is 0 Å². The van der Waals surface area contributed by atoms with E-state index in [-0.39, 0.29) is 25.4 Å². The number of nitrogens with zero attached hydrogens (tertiary/aromatic N) is 1. The van der Waals surface area contributed by atoms with Crippen LogP contribution < -0.4 is 18.9 Å². The number of fused-ring (bicyclic) bond motifs is 3. The Morgan fingerprint density at radius 1 is 1.07 bits per heavy atom. The third-order valence-corrected chi connectivity index (χ3v) is 6.25. The van der Waals surface area contributed by atoms with Crippen LogP contribution in [0.25, 0.3) is 0 Å². The lowest BCUT2D eigenvalue weighted by Gasteiger charge is -2.22. The highest BCUT2D eigenvalue weighted by molar-refractivity contribution is 9.10. The summed E-state index contributed by atoms with van der Waals surface area (Å²) in [6.45, 7) is 1.13. The van der Waals surface area contributed by atoms with Crippen molar-refractivity contribution in [2.45, 2.75) is 18.8 Å². The van der Waals surface area contributed by atoms with Gasteiger partial charge in [0.15, 0.2) is 23.0 Å². The summed E-state index contributed by atoms with van der Waals surface area (Å²) in [7, 11) is 1.86. The molecule has 3 aliphatic heterocycles. The molecule has 6 nitrogen and oxygen atoms in total. The van der Waals surface area contributed by atoms with Crippen molar-refractivity contribution in [3.05, 3.63) is 45.4 Å².